The molecule has 0 spiro atoms. The van der Waals surface area contributed by atoms with Gasteiger partial charge in [0.1, 0.15) is 5.75 Å². The third-order valence-corrected chi connectivity index (χ3v) is 4.91. The van der Waals surface area contributed by atoms with E-state index >= 15 is 0 Å². The molecule has 0 saturated heterocycles. The summed E-state index contributed by atoms with van der Waals surface area (Å²) in [7, 11) is 0. The van der Waals surface area contributed by atoms with Crippen molar-refractivity contribution >= 4 is 11.6 Å². The van der Waals surface area contributed by atoms with Crippen molar-refractivity contribution in [2.24, 2.45) is 0 Å². The lowest BCUT2D eigenvalue weighted by atomic mass is 9.68. The van der Waals surface area contributed by atoms with E-state index in [2.05, 4.69) is 30.3 Å². The molecular formula is C18H19ClO. The van der Waals surface area contributed by atoms with Crippen LogP contribution in [0, 0.1) is 0 Å². The average molecular weight is 287 g/mol. The second-order valence-corrected chi connectivity index (χ2v) is 6.04. The first kappa shape index (κ1) is 13.5. The molecular weight excluding hydrogens is 268 g/mol. The van der Waals surface area contributed by atoms with Gasteiger partial charge in [-0.25, -0.2) is 0 Å². The topological polar surface area (TPSA) is 20.2 Å². The van der Waals surface area contributed by atoms with Gasteiger partial charge < -0.3 is 5.11 Å². The second-order valence-electron chi connectivity index (χ2n) is 5.77. The highest BCUT2D eigenvalue weighted by Crippen LogP contribution is 2.41. The molecule has 1 N–H and O–H groups in total. The lowest BCUT2D eigenvalue weighted by molar-refractivity contribution is 0.395. The first-order valence-corrected chi connectivity index (χ1v) is 7.69. The zero-order valence-corrected chi connectivity index (χ0v) is 12.2. The fourth-order valence-electron chi connectivity index (χ4n) is 3.43. The molecule has 0 radical (unpaired) electrons. The number of halogens is 1. The van der Waals surface area contributed by atoms with E-state index in [0.29, 0.717) is 11.6 Å². The van der Waals surface area contributed by atoms with Crippen LogP contribution in [0.5, 0.6) is 5.75 Å². The Balaban J connectivity index is 2.00. The molecule has 3 rings (SSSR count). The number of hydrogen-bond donors (Lipinski definition) is 1. The summed E-state index contributed by atoms with van der Waals surface area (Å²) in [5.74, 6) is 0.955. The summed E-state index contributed by atoms with van der Waals surface area (Å²) < 4.78 is 0. The molecule has 0 amide bonds. The molecule has 0 saturated carbocycles. The quantitative estimate of drug-likeness (QED) is 0.827. The Morgan fingerprint density at radius 3 is 2.75 bits per heavy atom. The summed E-state index contributed by atoms with van der Waals surface area (Å²) in [6, 6.07) is 16.2. The lowest BCUT2D eigenvalue weighted by Crippen LogP contribution is -2.35. The Labute approximate surface area is 125 Å². The molecule has 1 unspecified atom stereocenters. The maximum atomic E-state index is 9.66. The molecule has 1 aliphatic rings. The molecule has 1 aliphatic carbocycles. The lowest BCUT2D eigenvalue weighted by Gasteiger charge is -2.38. The number of alkyl halides is 1. The van der Waals surface area contributed by atoms with Gasteiger partial charge in [-0.2, -0.15) is 0 Å². The standard InChI is InChI=1S/C18H19ClO/c19-13-18(12-14-5-3-8-16(20)11-14)10-4-7-15-6-1-2-9-17(15)18/h1-3,5-6,8-9,11,20H,4,7,10,12-13H2. The predicted octanol–water partition coefficient (Wildman–Crippen LogP) is 4.45. The van der Waals surface area contributed by atoms with Gasteiger partial charge in [-0.1, -0.05) is 36.4 Å². The van der Waals surface area contributed by atoms with Crippen LogP contribution in [0.15, 0.2) is 48.5 Å². The van der Waals surface area contributed by atoms with Crippen molar-refractivity contribution in [2.45, 2.75) is 31.1 Å². The van der Waals surface area contributed by atoms with Crippen LogP contribution in [-0.2, 0) is 18.3 Å². The fourth-order valence-corrected chi connectivity index (χ4v) is 3.81. The minimum absolute atomic E-state index is 0.00416. The summed E-state index contributed by atoms with van der Waals surface area (Å²) >= 11 is 6.39. The molecule has 104 valence electrons. The van der Waals surface area contributed by atoms with Crippen LogP contribution < -0.4 is 0 Å². The third-order valence-electron chi connectivity index (χ3n) is 4.40. The van der Waals surface area contributed by atoms with E-state index < -0.39 is 0 Å². The predicted molar refractivity (Wildman–Crippen MR) is 83.6 cm³/mol. The van der Waals surface area contributed by atoms with Gasteiger partial charge in [-0.15, -0.1) is 11.6 Å². The minimum Gasteiger partial charge on any atom is -0.508 e. The number of phenolic OH excluding ortho intramolecular Hbond substituents is 1. The molecule has 0 heterocycles. The molecule has 0 aromatic heterocycles. The van der Waals surface area contributed by atoms with Gasteiger partial charge in [0.15, 0.2) is 0 Å². The van der Waals surface area contributed by atoms with Gasteiger partial charge in [0, 0.05) is 11.3 Å². The summed E-state index contributed by atoms with van der Waals surface area (Å²) in [5, 5.41) is 9.66. The van der Waals surface area contributed by atoms with Crippen molar-refractivity contribution in [1.29, 1.82) is 0 Å². The van der Waals surface area contributed by atoms with E-state index in [4.69, 9.17) is 11.6 Å². The van der Waals surface area contributed by atoms with Gasteiger partial charge >= 0.3 is 0 Å². The van der Waals surface area contributed by atoms with Crippen LogP contribution in [-0.4, -0.2) is 11.0 Å². The first-order chi connectivity index (χ1) is 9.73. The fraction of sp³-hybridized carbons (Fsp3) is 0.333. The van der Waals surface area contributed by atoms with Gasteiger partial charge in [0.05, 0.1) is 0 Å². The number of benzene rings is 2. The van der Waals surface area contributed by atoms with Crippen molar-refractivity contribution in [1.82, 2.24) is 0 Å². The van der Waals surface area contributed by atoms with Gasteiger partial charge in [0.2, 0.25) is 0 Å². The Morgan fingerprint density at radius 2 is 1.95 bits per heavy atom. The molecule has 2 heteroatoms. The number of aromatic hydroxyl groups is 1. The highest BCUT2D eigenvalue weighted by atomic mass is 35.5. The van der Waals surface area contributed by atoms with Crippen molar-refractivity contribution in [2.75, 3.05) is 5.88 Å². The minimum atomic E-state index is 0.00416. The largest absolute Gasteiger partial charge is 0.508 e. The van der Waals surface area contributed by atoms with Gasteiger partial charge in [0.25, 0.3) is 0 Å². The Kier molecular flexibility index (Phi) is 3.71. The third kappa shape index (κ3) is 2.43. The zero-order valence-electron chi connectivity index (χ0n) is 11.5. The molecule has 0 bridgehead atoms. The Morgan fingerprint density at radius 1 is 1.10 bits per heavy atom. The number of rotatable bonds is 3. The smallest absolute Gasteiger partial charge is 0.115 e. The van der Waals surface area contributed by atoms with Crippen LogP contribution in [0.1, 0.15) is 29.5 Å². The number of phenols is 1. The molecule has 2 aromatic carbocycles. The summed E-state index contributed by atoms with van der Waals surface area (Å²) in [6.07, 6.45) is 4.34. The highest BCUT2D eigenvalue weighted by Gasteiger charge is 2.35. The number of fused-ring (bicyclic) bond motifs is 1. The summed E-state index contributed by atoms with van der Waals surface area (Å²) in [5.41, 5.74) is 3.98. The Bertz CT molecular complexity index is 608. The molecule has 1 atom stereocenters. The molecule has 1 nitrogen and oxygen atoms in total. The first-order valence-electron chi connectivity index (χ1n) is 7.16. The normalized spacial score (nSPS) is 21.4. The molecule has 0 fully saturated rings. The van der Waals surface area contributed by atoms with E-state index in [-0.39, 0.29) is 5.41 Å². The molecule has 2 aromatic rings. The van der Waals surface area contributed by atoms with Crippen molar-refractivity contribution in [3.63, 3.8) is 0 Å². The summed E-state index contributed by atoms with van der Waals surface area (Å²) in [4.78, 5) is 0. The molecule has 20 heavy (non-hydrogen) atoms. The van der Waals surface area contributed by atoms with Crippen molar-refractivity contribution in [3.8, 4) is 5.75 Å². The van der Waals surface area contributed by atoms with E-state index in [0.717, 1.165) is 24.8 Å². The zero-order chi connectivity index (χ0) is 14.0. The SMILES string of the molecule is Oc1cccc(CC2(CCl)CCCc3ccccc32)c1. The van der Waals surface area contributed by atoms with E-state index in [1.54, 1.807) is 6.07 Å². The van der Waals surface area contributed by atoms with Crippen molar-refractivity contribution < 1.29 is 5.11 Å². The maximum Gasteiger partial charge on any atom is 0.115 e. The van der Waals surface area contributed by atoms with Crippen LogP contribution in [0.2, 0.25) is 0 Å². The van der Waals surface area contributed by atoms with E-state index in [1.165, 1.54) is 17.5 Å². The summed E-state index contributed by atoms with van der Waals surface area (Å²) in [6.45, 7) is 0. The average Bonchev–Trinajstić information content (AvgIpc) is 2.47. The monoisotopic (exact) mass is 286 g/mol. The molecule has 0 aliphatic heterocycles. The number of aryl methyl sites for hydroxylation is 1. The van der Waals surface area contributed by atoms with Crippen LogP contribution >= 0.6 is 11.6 Å². The highest BCUT2D eigenvalue weighted by molar-refractivity contribution is 6.18. The maximum absolute atomic E-state index is 9.66. The Hall–Kier alpha value is -1.47. The van der Waals surface area contributed by atoms with Gasteiger partial charge in [-0.3, -0.25) is 0 Å². The number of hydrogen-bond acceptors (Lipinski definition) is 1. The van der Waals surface area contributed by atoms with Gasteiger partial charge in [-0.05, 0) is 54.5 Å². The van der Waals surface area contributed by atoms with E-state index in [1.807, 2.05) is 12.1 Å². The van der Waals surface area contributed by atoms with Crippen LogP contribution in [0.4, 0.5) is 0 Å². The van der Waals surface area contributed by atoms with Crippen LogP contribution in [0.25, 0.3) is 0 Å². The van der Waals surface area contributed by atoms with Crippen molar-refractivity contribution in [3.05, 3.63) is 65.2 Å². The van der Waals surface area contributed by atoms with E-state index in [9.17, 15) is 5.11 Å². The van der Waals surface area contributed by atoms with Crippen LogP contribution in [0.3, 0.4) is 0 Å². The second kappa shape index (κ2) is 5.49.